The molecule has 0 aliphatic carbocycles. The fraction of sp³-hybridized carbons (Fsp3) is 0.375. The molecule has 9 nitrogen and oxygen atoms in total. The molecule has 0 bridgehead atoms. The fourth-order valence-electron chi connectivity index (χ4n) is 2.73. The first kappa shape index (κ1) is 19.5. The normalized spacial score (nSPS) is 28.8. The number of ether oxygens (including phenoxy) is 1. The Bertz CT molecular complexity index is 930. The molecule has 1 saturated heterocycles. The van der Waals surface area contributed by atoms with Crippen molar-refractivity contribution in [2.75, 3.05) is 6.61 Å². The van der Waals surface area contributed by atoms with Gasteiger partial charge in [-0.2, -0.15) is 0 Å². The summed E-state index contributed by atoms with van der Waals surface area (Å²) in [5.41, 5.74) is -3.88. The third kappa shape index (κ3) is 4.19. The van der Waals surface area contributed by atoms with E-state index in [0.717, 1.165) is 23.8 Å². The first-order chi connectivity index (χ1) is 12.8. The van der Waals surface area contributed by atoms with Crippen LogP contribution in [0.15, 0.2) is 52.2 Å². The molecular formula is C16H18FN2O7P. The monoisotopic (exact) mass is 401 g/mol. The number of alkyl halides is 1. The number of halogens is 1. The molecule has 1 unspecified atom stereocenters. The Morgan fingerprint density at radius 1 is 1.33 bits per heavy atom. The maximum Gasteiger partial charge on any atom is 0.367 e. The van der Waals surface area contributed by atoms with Gasteiger partial charge in [0.1, 0.15) is 18.0 Å². The van der Waals surface area contributed by atoms with Gasteiger partial charge in [0.2, 0.25) is 0 Å². The molecule has 1 aliphatic rings. The quantitative estimate of drug-likeness (QED) is 0.548. The topological polar surface area (TPSA) is 120 Å². The van der Waals surface area contributed by atoms with Gasteiger partial charge >= 0.3 is 13.9 Å². The standard InChI is InChI=1S/C16H18FN2O7P/c1-16(17)13(21)11(9-24-27(23)26-10-5-3-2-4-6-10)25-14(16)19-8-7-12(20)18-15(19)22/h2-8,11,13-14,21,27H,9H2,1H3,(H,18,20,22)/t11-,13-,14-,16-/m1/s1/i1+1. The van der Waals surface area contributed by atoms with Gasteiger partial charge in [0.05, 0.1) is 6.61 Å². The predicted octanol–water partition coefficient (Wildman–Crippen LogP) is 1.01. The number of aromatic amines is 1. The number of nitrogens with zero attached hydrogens (tertiary/aromatic N) is 1. The minimum atomic E-state index is -2.96. The highest BCUT2D eigenvalue weighted by Gasteiger charge is 2.55. The molecule has 0 amide bonds. The average Bonchev–Trinajstić information content (AvgIpc) is 2.84. The summed E-state index contributed by atoms with van der Waals surface area (Å²) in [6.07, 6.45) is -3.28. The molecule has 0 spiro atoms. The summed E-state index contributed by atoms with van der Waals surface area (Å²) >= 11 is 0. The second-order valence-electron chi connectivity index (χ2n) is 6.12. The first-order valence-electron chi connectivity index (χ1n) is 8.02. The lowest BCUT2D eigenvalue weighted by atomic mass is 10.0. The van der Waals surface area contributed by atoms with Crippen molar-refractivity contribution >= 4 is 8.25 Å². The summed E-state index contributed by atoms with van der Waals surface area (Å²) in [6, 6.07) is 9.34. The fourth-order valence-corrected chi connectivity index (χ4v) is 3.41. The SMILES string of the molecule is [13CH3][C@@]1(F)[C@H](O)[C@@H](CO[PH](=O)Oc2ccccc2)O[C@H]1n1ccc(=O)[nH]c1=O. The van der Waals surface area contributed by atoms with E-state index in [1.807, 2.05) is 4.98 Å². The van der Waals surface area contributed by atoms with Gasteiger partial charge in [0.25, 0.3) is 5.56 Å². The lowest BCUT2D eigenvalue weighted by Gasteiger charge is -2.24. The van der Waals surface area contributed by atoms with E-state index < -0.39 is 50.2 Å². The van der Waals surface area contributed by atoms with E-state index in [1.165, 1.54) is 0 Å². The van der Waals surface area contributed by atoms with Crippen LogP contribution in [0.5, 0.6) is 5.75 Å². The van der Waals surface area contributed by atoms with Gasteiger partial charge < -0.3 is 14.4 Å². The van der Waals surface area contributed by atoms with Gasteiger partial charge in [-0.1, -0.05) is 18.2 Å². The predicted molar refractivity (Wildman–Crippen MR) is 92.8 cm³/mol. The molecule has 1 aromatic carbocycles. The molecule has 2 aromatic rings. The number of aliphatic hydroxyl groups excluding tert-OH is 1. The molecule has 1 aromatic heterocycles. The van der Waals surface area contributed by atoms with Crippen molar-refractivity contribution < 1.29 is 27.8 Å². The molecule has 1 fully saturated rings. The number of nitrogens with one attached hydrogen (secondary N) is 1. The van der Waals surface area contributed by atoms with Crippen LogP contribution in [-0.2, 0) is 13.8 Å². The first-order valence-corrected chi connectivity index (χ1v) is 9.25. The Morgan fingerprint density at radius 2 is 2.04 bits per heavy atom. The number of H-pyrrole nitrogens is 1. The zero-order valence-corrected chi connectivity index (χ0v) is 15.2. The van der Waals surface area contributed by atoms with Crippen LogP contribution < -0.4 is 15.8 Å². The van der Waals surface area contributed by atoms with E-state index >= 15 is 0 Å². The highest BCUT2D eigenvalue weighted by atomic mass is 31.1. The van der Waals surface area contributed by atoms with Crippen LogP contribution in [0.1, 0.15) is 13.2 Å². The van der Waals surface area contributed by atoms with Crippen molar-refractivity contribution in [3.63, 3.8) is 0 Å². The van der Waals surface area contributed by atoms with Crippen molar-refractivity contribution in [3.05, 3.63) is 63.4 Å². The minimum absolute atomic E-state index is 0.335. The number of aliphatic hydroxyl groups is 1. The largest absolute Gasteiger partial charge is 0.426 e. The van der Waals surface area contributed by atoms with Crippen LogP contribution in [0, 0.1) is 0 Å². The second-order valence-corrected chi connectivity index (χ2v) is 7.11. The Balaban J connectivity index is 1.68. The lowest BCUT2D eigenvalue weighted by Crippen LogP contribution is -2.43. The van der Waals surface area contributed by atoms with Crippen LogP contribution in [0.3, 0.4) is 0 Å². The molecule has 3 rings (SSSR count). The van der Waals surface area contributed by atoms with Crippen molar-refractivity contribution in [2.24, 2.45) is 0 Å². The Morgan fingerprint density at radius 3 is 2.70 bits per heavy atom. The molecule has 2 N–H and O–H groups in total. The Kier molecular flexibility index (Phi) is 5.61. The summed E-state index contributed by atoms with van der Waals surface area (Å²) in [5.74, 6) is 0.335. The Labute approximate surface area is 153 Å². The Hall–Kier alpha value is -2.26. The molecule has 11 heteroatoms. The average molecular weight is 401 g/mol. The smallest absolute Gasteiger partial charge is 0.367 e. The van der Waals surface area contributed by atoms with Crippen LogP contribution in [0.2, 0.25) is 0 Å². The summed E-state index contributed by atoms with van der Waals surface area (Å²) < 4.78 is 43.3. The third-order valence-corrected chi connectivity index (χ3v) is 4.94. The number of rotatable bonds is 6. The third-order valence-electron chi connectivity index (χ3n) is 4.13. The van der Waals surface area contributed by atoms with Gasteiger partial charge in [-0.3, -0.25) is 18.9 Å². The molecular weight excluding hydrogens is 383 g/mol. The maximum atomic E-state index is 15.0. The van der Waals surface area contributed by atoms with Crippen LogP contribution >= 0.6 is 8.25 Å². The maximum absolute atomic E-state index is 15.0. The van der Waals surface area contributed by atoms with E-state index in [4.69, 9.17) is 13.8 Å². The van der Waals surface area contributed by atoms with Crippen LogP contribution in [0.4, 0.5) is 4.39 Å². The molecule has 1 aliphatic heterocycles. The van der Waals surface area contributed by atoms with Gasteiger partial charge in [0.15, 0.2) is 11.9 Å². The second kappa shape index (κ2) is 7.77. The summed E-state index contributed by atoms with van der Waals surface area (Å²) in [7, 11) is -2.96. The van der Waals surface area contributed by atoms with E-state index in [2.05, 4.69) is 0 Å². The molecule has 0 saturated carbocycles. The van der Waals surface area contributed by atoms with Crippen molar-refractivity contribution in [2.45, 2.75) is 31.0 Å². The van der Waals surface area contributed by atoms with E-state index in [0.29, 0.717) is 5.75 Å². The number of hydrogen-bond acceptors (Lipinski definition) is 7. The van der Waals surface area contributed by atoms with Crippen molar-refractivity contribution in [1.82, 2.24) is 9.55 Å². The number of para-hydroxylation sites is 1. The zero-order valence-electron chi connectivity index (χ0n) is 14.2. The van der Waals surface area contributed by atoms with Gasteiger partial charge in [-0.25, -0.2) is 13.8 Å². The number of hydrogen-bond donors (Lipinski definition) is 2. The summed E-state index contributed by atoms with van der Waals surface area (Å²) in [4.78, 5) is 25.0. The molecule has 27 heavy (non-hydrogen) atoms. The lowest BCUT2D eigenvalue weighted by molar-refractivity contribution is -0.0586. The highest BCUT2D eigenvalue weighted by molar-refractivity contribution is 7.33. The van der Waals surface area contributed by atoms with Crippen LogP contribution in [0.25, 0.3) is 0 Å². The molecule has 2 heterocycles. The van der Waals surface area contributed by atoms with E-state index in [9.17, 15) is 23.7 Å². The zero-order chi connectivity index (χ0) is 19.6. The van der Waals surface area contributed by atoms with Gasteiger partial charge in [-0.05, 0) is 19.1 Å². The molecule has 0 radical (unpaired) electrons. The minimum Gasteiger partial charge on any atom is -0.426 e. The molecule has 5 atom stereocenters. The van der Waals surface area contributed by atoms with Gasteiger partial charge in [0, 0.05) is 12.3 Å². The van der Waals surface area contributed by atoms with Crippen LogP contribution in [-0.4, -0.2) is 39.1 Å². The summed E-state index contributed by atoms with van der Waals surface area (Å²) in [6.45, 7) is 0.642. The van der Waals surface area contributed by atoms with Gasteiger partial charge in [-0.15, -0.1) is 0 Å². The van der Waals surface area contributed by atoms with Crippen molar-refractivity contribution in [3.8, 4) is 5.75 Å². The highest BCUT2D eigenvalue weighted by Crippen LogP contribution is 2.41. The number of benzene rings is 1. The van der Waals surface area contributed by atoms with E-state index in [1.54, 1.807) is 30.3 Å². The summed E-state index contributed by atoms with van der Waals surface area (Å²) in [5, 5.41) is 10.2. The van der Waals surface area contributed by atoms with Crippen molar-refractivity contribution in [1.29, 1.82) is 0 Å². The van der Waals surface area contributed by atoms with E-state index in [-0.39, 0.29) is 0 Å². The number of aromatic nitrogens is 2. The molecule has 146 valence electrons.